The fraction of sp³-hybridized carbons (Fsp3) is 0. The maximum Gasteiger partial charge on any atom is 0.0562 e. The number of hydrogen-bond acceptors (Lipinski definition) is 2. The second-order valence-corrected chi connectivity index (χ2v) is 15.2. The molecular formula is C52H34N2S. The maximum atomic E-state index is 2.44. The van der Waals surface area contributed by atoms with Gasteiger partial charge in [0.2, 0.25) is 0 Å². The number of thiophene rings is 1. The Hall–Kier alpha value is -6.94. The quantitative estimate of drug-likeness (QED) is 0.166. The monoisotopic (exact) mass is 718 g/mol. The third-order valence-corrected chi connectivity index (χ3v) is 12.1. The predicted molar refractivity (Wildman–Crippen MR) is 237 cm³/mol. The van der Waals surface area contributed by atoms with Gasteiger partial charge in [-0.25, -0.2) is 0 Å². The van der Waals surface area contributed by atoms with E-state index in [0.29, 0.717) is 0 Å². The number of anilines is 3. The zero-order valence-electron chi connectivity index (χ0n) is 29.9. The summed E-state index contributed by atoms with van der Waals surface area (Å²) < 4.78 is 5.04. The lowest BCUT2D eigenvalue weighted by molar-refractivity contribution is 1.18. The van der Waals surface area contributed by atoms with Gasteiger partial charge in [0.1, 0.15) is 0 Å². The summed E-state index contributed by atoms with van der Waals surface area (Å²) in [6, 6.07) is 75.3. The van der Waals surface area contributed by atoms with Gasteiger partial charge in [-0.05, 0) is 106 Å². The van der Waals surface area contributed by atoms with Crippen LogP contribution in [0, 0.1) is 0 Å². The lowest BCUT2D eigenvalue weighted by Gasteiger charge is -2.26. The van der Waals surface area contributed by atoms with Crippen LogP contribution >= 0.6 is 11.3 Å². The van der Waals surface area contributed by atoms with Gasteiger partial charge in [-0.15, -0.1) is 11.3 Å². The van der Waals surface area contributed by atoms with Crippen LogP contribution in [0.25, 0.3) is 80.7 Å². The van der Waals surface area contributed by atoms with Crippen molar-refractivity contribution >= 4 is 81.1 Å². The highest BCUT2D eigenvalue weighted by Gasteiger charge is 2.20. The van der Waals surface area contributed by atoms with Crippen molar-refractivity contribution in [2.45, 2.75) is 0 Å². The van der Waals surface area contributed by atoms with E-state index in [1.165, 1.54) is 75.0 Å². The number of benzene rings is 9. The average molecular weight is 719 g/mol. The normalized spacial score (nSPS) is 11.6. The van der Waals surface area contributed by atoms with E-state index in [0.717, 1.165) is 22.7 Å². The van der Waals surface area contributed by atoms with E-state index in [1.54, 1.807) is 0 Å². The van der Waals surface area contributed by atoms with Crippen LogP contribution in [-0.4, -0.2) is 4.57 Å². The van der Waals surface area contributed by atoms with Gasteiger partial charge in [-0.1, -0.05) is 133 Å². The molecule has 0 radical (unpaired) electrons. The van der Waals surface area contributed by atoms with Gasteiger partial charge in [-0.3, -0.25) is 0 Å². The standard InChI is InChI=1S/C52H34N2S/c1-3-12-35(13-4-1)37-24-26-41(27-25-37)53(42-29-31-51-47(33-42)45-18-9-10-21-50(45)55-51)43-28-30-46-49(34-43)54(40-16-5-2-6-17-40)48-20-11-19-44(52(46)48)39-23-22-36-14-7-8-15-38(36)32-39/h1-34H. The number of rotatable bonds is 6. The van der Waals surface area contributed by atoms with Gasteiger partial charge in [0, 0.05) is 53.7 Å². The molecule has 0 amide bonds. The van der Waals surface area contributed by atoms with Gasteiger partial charge >= 0.3 is 0 Å². The Bertz CT molecular complexity index is 3190. The molecule has 11 rings (SSSR count). The molecule has 0 saturated carbocycles. The highest BCUT2D eigenvalue weighted by molar-refractivity contribution is 7.25. The Morgan fingerprint density at radius 3 is 1.87 bits per heavy atom. The van der Waals surface area contributed by atoms with Crippen LogP contribution in [0.1, 0.15) is 0 Å². The molecule has 258 valence electrons. The first-order valence-corrected chi connectivity index (χ1v) is 19.6. The predicted octanol–water partition coefficient (Wildman–Crippen LogP) is 15.1. The van der Waals surface area contributed by atoms with Crippen molar-refractivity contribution in [1.82, 2.24) is 4.57 Å². The lowest BCUT2D eigenvalue weighted by atomic mass is 9.97. The first kappa shape index (κ1) is 31.6. The van der Waals surface area contributed by atoms with E-state index in [1.807, 2.05) is 11.3 Å². The van der Waals surface area contributed by atoms with Crippen LogP contribution in [0.3, 0.4) is 0 Å². The molecule has 55 heavy (non-hydrogen) atoms. The average Bonchev–Trinajstić information content (AvgIpc) is 3.80. The largest absolute Gasteiger partial charge is 0.310 e. The topological polar surface area (TPSA) is 8.17 Å². The molecule has 0 aliphatic rings. The van der Waals surface area contributed by atoms with E-state index in [4.69, 9.17) is 0 Å². The van der Waals surface area contributed by atoms with E-state index in [9.17, 15) is 0 Å². The summed E-state index contributed by atoms with van der Waals surface area (Å²) in [5.74, 6) is 0. The molecule has 0 aliphatic carbocycles. The van der Waals surface area contributed by atoms with Crippen LogP contribution in [0.5, 0.6) is 0 Å². The maximum absolute atomic E-state index is 2.44. The molecule has 2 heterocycles. The highest BCUT2D eigenvalue weighted by atomic mass is 32.1. The lowest BCUT2D eigenvalue weighted by Crippen LogP contribution is -2.10. The molecular weight excluding hydrogens is 685 g/mol. The number of nitrogens with zero attached hydrogens (tertiary/aromatic N) is 2. The van der Waals surface area contributed by atoms with Crippen molar-refractivity contribution in [3.05, 3.63) is 206 Å². The molecule has 11 aromatic rings. The SMILES string of the molecule is c1ccc(-c2ccc(N(c3ccc4sc5ccccc5c4c3)c3ccc4c5c(-c6ccc7ccccc7c6)cccc5n(-c5ccccc5)c4c3)cc2)cc1. The fourth-order valence-corrected chi connectivity index (χ4v) is 9.47. The minimum atomic E-state index is 1.10. The van der Waals surface area contributed by atoms with Crippen molar-refractivity contribution in [2.24, 2.45) is 0 Å². The number of para-hydroxylation sites is 1. The summed E-state index contributed by atoms with van der Waals surface area (Å²) in [4.78, 5) is 2.41. The van der Waals surface area contributed by atoms with E-state index in [2.05, 4.69) is 216 Å². The van der Waals surface area contributed by atoms with Gasteiger partial charge in [0.15, 0.2) is 0 Å². The number of hydrogen-bond donors (Lipinski definition) is 0. The zero-order valence-corrected chi connectivity index (χ0v) is 30.7. The van der Waals surface area contributed by atoms with E-state index < -0.39 is 0 Å². The Morgan fingerprint density at radius 1 is 0.364 bits per heavy atom. The fourth-order valence-electron chi connectivity index (χ4n) is 8.38. The summed E-state index contributed by atoms with van der Waals surface area (Å²) in [5.41, 5.74) is 11.7. The summed E-state index contributed by atoms with van der Waals surface area (Å²) in [7, 11) is 0. The summed E-state index contributed by atoms with van der Waals surface area (Å²) >= 11 is 1.86. The summed E-state index contributed by atoms with van der Waals surface area (Å²) in [5, 5.41) is 7.56. The Morgan fingerprint density at radius 2 is 1.02 bits per heavy atom. The second kappa shape index (κ2) is 12.9. The first-order valence-electron chi connectivity index (χ1n) is 18.8. The Balaban J connectivity index is 1.15. The molecule has 9 aromatic carbocycles. The van der Waals surface area contributed by atoms with E-state index >= 15 is 0 Å². The summed E-state index contributed by atoms with van der Waals surface area (Å²) in [6.45, 7) is 0. The summed E-state index contributed by atoms with van der Waals surface area (Å²) in [6.07, 6.45) is 0. The van der Waals surface area contributed by atoms with E-state index in [-0.39, 0.29) is 0 Å². The van der Waals surface area contributed by atoms with Crippen molar-refractivity contribution in [2.75, 3.05) is 4.90 Å². The van der Waals surface area contributed by atoms with Gasteiger partial charge in [0.25, 0.3) is 0 Å². The molecule has 2 aromatic heterocycles. The molecule has 0 N–H and O–H groups in total. The van der Waals surface area contributed by atoms with Crippen LogP contribution in [0.2, 0.25) is 0 Å². The van der Waals surface area contributed by atoms with Crippen molar-refractivity contribution in [3.8, 4) is 27.9 Å². The Kier molecular flexibility index (Phi) is 7.39. The van der Waals surface area contributed by atoms with Crippen molar-refractivity contribution in [1.29, 1.82) is 0 Å². The number of aromatic nitrogens is 1. The van der Waals surface area contributed by atoms with Crippen LogP contribution in [0.4, 0.5) is 17.1 Å². The highest BCUT2D eigenvalue weighted by Crippen LogP contribution is 2.44. The third-order valence-electron chi connectivity index (χ3n) is 11.0. The molecule has 3 heteroatoms. The molecule has 0 spiro atoms. The minimum absolute atomic E-state index is 1.10. The molecule has 2 nitrogen and oxygen atoms in total. The zero-order chi connectivity index (χ0) is 36.3. The molecule has 0 bridgehead atoms. The smallest absolute Gasteiger partial charge is 0.0562 e. The van der Waals surface area contributed by atoms with Gasteiger partial charge in [0.05, 0.1) is 11.0 Å². The minimum Gasteiger partial charge on any atom is -0.310 e. The van der Waals surface area contributed by atoms with Crippen LogP contribution in [0.15, 0.2) is 206 Å². The molecule has 0 unspecified atom stereocenters. The van der Waals surface area contributed by atoms with Crippen LogP contribution < -0.4 is 4.90 Å². The molecule has 0 saturated heterocycles. The van der Waals surface area contributed by atoms with Crippen molar-refractivity contribution < 1.29 is 0 Å². The van der Waals surface area contributed by atoms with Crippen molar-refractivity contribution in [3.63, 3.8) is 0 Å². The van der Waals surface area contributed by atoms with Gasteiger partial charge in [-0.2, -0.15) is 0 Å². The van der Waals surface area contributed by atoms with Gasteiger partial charge < -0.3 is 9.47 Å². The van der Waals surface area contributed by atoms with Crippen LogP contribution in [-0.2, 0) is 0 Å². The Labute approximate surface area is 323 Å². The molecule has 0 atom stereocenters. The number of fused-ring (bicyclic) bond motifs is 7. The molecule has 0 fully saturated rings. The third kappa shape index (κ3) is 5.32. The molecule has 0 aliphatic heterocycles. The first-order chi connectivity index (χ1) is 27.3. The second-order valence-electron chi connectivity index (χ2n) is 14.2.